The highest BCUT2D eigenvalue weighted by Crippen LogP contribution is 2.29. The molecule has 0 radical (unpaired) electrons. The second-order valence-electron chi connectivity index (χ2n) is 9.27. The van der Waals surface area contributed by atoms with Gasteiger partial charge in [0.25, 0.3) is 11.8 Å². The number of fused-ring (bicyclic) bond motifs is 1. The van der Waals surface area contributed by atoms with Gasteiger partial charge in [-0.2, -0.15) is 0 Å². The van der Waals surface area contributed by atoms with Gasteiger partial charge in [0, 0.05) is 19.6 Å². The monoisotopic (exact) mass is 469 g/mol. The van der Waals surface area contributed by atoms with Crippen molar-refractivity contribution in [1.29, 1.82) is 0 Å². The summed E-state index contributed by atoms with van der Waals surface area (Å²) in [5, 5.41) is 5.82. The van der Waals surface area contributed by atoms with E-state index in [1.807, 2.05) is 31.2 Å². The molecule has 1 aliphatic heterocycles. The molecule has 0 saturated carbocycles. The van der Waals surface area contributed by atoms with Gasteiger partial charge in [0.1, 0.15) is 17.0 Å². The number of rotatable bonds is 10. The number of aromatic nitrogens is 2. The normalized spacial score (nSPS) is 17.5. The summed E-state index contributed by atoms with van der Waals surface area (Å²) in [5.41, 5.74) is 0.0808. The standard InChI is InChI=1S/C25H35N5O4/c1-6-12-30-23(32)21-20(22(31)27-14-18-8-7-9-19(13-18)34-5)28-16-29(21)15-25(30,4)24(33)26-11-10-17(2)3/h7-9,13,16-17H,6,10-12,14-15H2,1-5H3,(H,26,33)(H,27,31)/t25-/m1/s1. The zero-order chi connectivity index (χ0) is 24.9. The molecule has 1 aromatic heterocycles. The highest BCUT2D eigenvalue weighted by atomic mass is 16.5. The van der Waals surface area contributed by atoms with Gasteiger partial charge in [-0.15, -0.1) is 0 Å². The number of carbonyl (C=O) groups excluding carboxylic acids is 3. The average Bonchev–Trinajstić information content (AvgIpc) is 3.23. The summed E-state index contributed by atoms with van der Waals surface area (Å²) < 4.78 is 6.84. The fraction of sp³-hybridized carbons (Fsp3) is 0.520. The Kier molecular flexibility index (Phi) is 7.96. The zero-order valence-electron chi connectivity index (χ0n) is 20.7. The molecule has 2 heterocycles. The quantitative estimate of drug-likeness (QED) is 0.557. The van der Waals surface area contributed by atoms with Crippen molar-refractivity contribution in [2.75, 3.05) is 20.2 Å². The third kappa shape index (κ3) is 5.24. The number of benzene rings is 1. The molecule has 1 aromatic carbocycles. The predicted octanol–water partition coefficient (Wildman–Crippen LogP) is 2.61. The van der Waals surface area contributed by atoms with E-state index in [0.29, 0.717) is 31.2 Å². The Labute approximate surface area is 200 Å². The molecule has 1 aliphatic rings. The number of hydrogen-bond acceptors (Lipinski definition) is 5. The van der Waals surface area contributed by atoms with Crippen LogP contribution in [-0.4, -0.2) is 57.9 Å². The lowest BCUT2D eigenvalue weighted by Gasteiger charge is -2.43. The van der Waals surface area contributed by atoms with Crippen molar-refractivity contribution in [2.45, 2.75) is 59.2 Å². The molecule has 0 bridgehead atoms. The van der Waals surface area contributed by atoms with Gasteiger partial charge in [0.05, 0.1) is 20.0 Å². The summed E-state index contributed by atoms with van der Waals surface area (Å²) in [7, 11) is 1.58. The lowest BCUT2D eigenvalue weighted by Crippen LogP contribution is -2.64. The summed E-state index contributed by atoms with van der Waals surface area (Å²) in [6.07, 6.45) is 3.01. The third-order valence-electron chi connectivity index (χ3n) is 6.11. The second kappa shape index (κ2) is 10.7. The summed E-state index contributed by atoms with van der Waals surface area (Å²) in [6.45, 7) is 9.38. The van der Waals surface area contributed by atoms with E-state index < -0.39 is 11.4 Å². The Hall–Kier alpha value is -3.36. The molecule has 0 saturated heterocycles. The maximum absolute atomic E-state index is 13.5. The summed E-state index contributed by atoms with van der Waals surface area (Å²) in [6, 6.07) is 7.38. The van der Waals surface area contributed by atoms with Gasteiger partial charge in [-0.3, -0.25) is 14.4 Å². The van der Waals surface area contributed by atoms with Crippen LogP contribution in [0.1, 0.15) is 67.1 Å². The van der Waals surface area contributed by atoms with E-state index in [0.717, 1.165) is 12.0 Å². The Morgan fingerprint density at radius 1 is 1.26 bits per heavy atom. The number of hydrogen-bond donors (Lipinski definition) is 2. The van der Waals surface area contributed by atoms with Gasteiger partial charge in [0.15, 0.2) is 5.69 Å². The summed E-state index contributed by atoms with van der Waals surface area (Å²) in [4.78, 5) is 45.5. The Morgan fingerprint density at radius 2 is 2.03 bits per heavy atom. The minimum atomic E-state index is -1.06. The molecule has 0 fully saturated rings. The molecule has 9 heteroatoms. The average molecular weight is 470 g/mol. The maximum Gasteiger partial charge on any atom is 0.273 e. The summed E-state index contributed by atoms with van der Waals surface area (Å²) in [5.74, 6) is 0.164. The first-order chi connectivity index (χ1) is 16.2. The molecule has 3 rings (SSSR count). The number of amides is 3. The fourth-order valence-corrected chi connectivity index (χ4v) is 4.14. The molecular weight excluding hydrogens is 434 g/mol. The number of methoxy groups -OCH3 is 1. The van der Waals surface area contributed by atoms with E-state index >= 15 is 0 Å². The summed E-state index contributed by atoms with van der Waals surface area (Å²) >= 11 is 0. The van der Waals surface area contributed by atoms with Gasteiger partial charge in [-0.25, -0.2) is 4.98 Å². The molecule has 2 N–H and O–H groups in total. The molecule has 0 aliphatic carbocycles. The van der Waals surface area contributed by atoms with Crippen LogP contribution in [0.4, 0.5) is 0 Å². The van der Waals surface area contributed by atoms with E-state index in [-0.39, 0.29) is 36.3 Å². The van der Waals surface area contributed by atoms with Gasteiger partial charge in [0.2, 0.25) is 5.91 Å². The van der Waals surface area contributed by atoms with Crippen molar-refractivity contribution < 1.29 is 19.1 Å². The van der Waals surface area contributed by atoms with E-state index in [9.17, 15) is 14.4 Å². The van der Waals surface area contributed by atoms with Crippen LogP contribution in [-0.2, 0) is 17.9 Å². The molecule has 0 spiro atoms. The van der Waals surface area contributed by atoms with Crippen molar-refractivity contribution in [1.82, 2.24) is 25.1 Å². The van der Waals surface area contributed by atoms with Crippen molar-refractivity contribution in [3.8, 4) is 5.75 Å². The largest absolute Gasteiger partial charge is 0.497 e. The van der Waals surface area contributed by atoms with Crippen LogP contribution in [0.15, 0.2) is 30.6 Å². The molecule has 9 nitrogen and oxygen atoms in total. The van der Waals surface area contributed by atoms with Crippen LogP contribution in [0.3, 0.4) is 0 Å². The van der Waals surface area contributed by atoms with Crippen molar-refractivity contribution in [2.24, 2.45) is 5.92 Å². The molecule has 34 heavy (non-hydrogen) atoms. The van der Waals surface area contributed by atoms with Crippen molar-refractivity contribution in [3.05, 3.63) is 47.5 Å². The molecule has 184 valence electrons. The van der Waals surface area contributed by atoms with Gasteiger partial charge in [-0.05, 0) is 43.4 Å². The first-order valence-electron chi connectivity index (χ1n) is 11.8. The second-order valence-corrected chi connectivity index (χ2v) is 9.27. The van der Waals surface area contributed by atoms with E-state index in [4.69, 9.17) is 4.74 Å². The first-order valence-corrected chi connectivity index (χ1v) is 11.8. The molecule has 1 atom stereocenters. The molecule has 3 amide bonds. The van der Waals surface area contributed by atoms with Crippen LogP contribution in [0.5, 0.6) is 5.75 Å². The number of ether oxygens (including phenoxy) is 1. The third-order valence-corrected chi connectivity index (χ3v) is 6.11. The van der Waals surface area contributed by atoms with Crippen LogP contribution >= 0.6 is 0 Å². The highest BCUT2D eigenvalue weighted by Gasteiger charge is 2.48. The van der Waals surface area contributed by atoms with Crippen LogP contribution < -0.4 is 15.4 Å². The number of nitrogens with one attached hydrogen (secondary N) is 2. The van der Waals surface area contributed by atoms with Crippen LogP contribution in [0, 0.1) is 5.92 Å². The Morgan fingerprint density at radius 3 is 2.71 bits per heavy atom. The lowest BCUT2D eigenvalue weighted by atomic mass is 9.93. The number of imidazole rings is 1. The minimum absolute atomic E-state index is 0.0660. The van der Waals surface area contributed by atoms with E-state index in [1.54, 1.807) is 23.5 Å². The topological polar surface area (TPSA) is 106 Å². The number of carbonyl (C=O) groups is 3. The Bertz CT molecular complexity index is 1050. The van der Waals surface area contributed by atoms with E-state index in [2.05, 4.69) is 29.5 Å². The van der Waals surface area contributed by atoms with Crippen LogP contribution in [0.25, 0.3) is 0 Å². The van der Waals surface area contributed by atoms with Gasteiger partial charge in [-0.1, -0.05) is 32.9 Å². The Balaban J connectivity index is 1.81. The van der Waals surface area contributed by atoms with E-state index in [1.165, 1.54) is 6.33 Å². The van der Waals surface area contributed by atoms with Crippen LogP contribution in [0.2, 0.25) is 0 Å². The first kappa shape index (κ1) is 25.3. The van der Waals surface area contributed by atoms with Crippen molar-refractivity contribution in [3.63, 3.8) is 0 Å². The fourth-order valence-electron chi connectivity index (χ4n) is 4.14. The van der Waals surface area contributed by atoms with Crippen molar-refractivity contribution >= 4 is 17.7 Å². The minimum Gasteiger partial charge on any atom is -0.497 e. The smallest absolute Gasteiger partial charge is 0.273 e. The molecule has 2 aromatic rings. The maximum atomic E-state index is 13.5. The zero-order valence-corrected chi connectivity index (χ0v) is 20.7. The number of nitrogens with zero attached hydrogens (tertiary/aromatic N) is 3. The van der Waals surface area contributed by atoms with Gasteiger partial charge < -0.3 is 24.8 Å². The molecule has 0 unspecified atom stereocenters. The molecular formula is C25H35N5O4. The lowest BCUT2D eigenvalue weighted by molar-refractivity contribution is -0.132. The predicted molar refractivity (Wildman–Crippen MR) is 129 cm³/mol. The SMILES string of the molecule is CCCN1C(=O)c2c(C(=O)NCc3cccc(OC)c3)ncn2C[C@]1(C)C(=O)NCCC(C)C. The highest BCUT2D eigenvalue weighted by molar-refractivity contribution is 6.07. The van der Waals surface area contributed by atoms with Gasteiger partial charge >= 0.3 is 0 Å².